The first kappa shape index (κ1) is 17.3. The van der Waals surface area contributed by atoms with E-state index in [2.05, 4.69) is 11.9 Å². The molecule has 2 aliphatic rings. The number of amides is 2. The van der Waals surface area contributed by atoms with Crippen molar-refractivity contribution in [1.82, 2.24) is 10.2 Å². The van der Waals surface area contributed by atoms with Gasteiger partial charge >= 0.3 is 5.97 Å². The molecular formula is C17H18N2O5S. The summed E-state index contributed by atoms with van der Waals surface area (Å²) in [6.07, 6.45) is 0. The second-order valence-electron chi connectivity index (χ2n) is 5.84. The summed E-state index contributed by atoms with van der Waals surface area (Å²) in [7, 11) is 1.29. The highest BCUT2D eigenvalue weighted by Gasteiger charge is 2.63. The van der Waals surface area contributed by atoms with Crippen LogP contribution in [0.15, 0.2) is 42.6 Å². The Morgan fingerprint density at radius 1 is 1.36 bits per heavy atom. The molecule has 2 heterocycles. The van der Waals surface area contributed by atoms with Gasteiger partial charge in [-0.2, -0.15) is 0 Å². The zero-order valence-corrected chi connectivity index (χ0v) is 14.7. The van der Waals surface area contributed by atoms with Crippen LogP contribution in [0.3, 0.4) is 0 Å². The SMILES string of the molecule is C=C1N2C(=O)C(NC(=O)COc3ccccc3)[C@H]2SC1(C)C(=O)OC. The molecular weight excluding hydrogens is 344 g/mol. The number of fused-ring (bicyclic) bond motifs is 1. The van der Waals surface area contributed by atoms with E-state index in [1.165, 1.54) is 23.8 Å². The number of para-hydroxylation sites is 1. The van der Waals surface area contributed by atoms with E-state index in [0.717, 1.165) is 0 Å². The van der Waals surface area contributed by atoms with E-state index in [1.54, 1.807) is 31.2 Å². The van der Waals surface area contributed by atoms with Gasteiger partial charge in [-0.3, -0.25) is 19.3 Å². The molecule has 8 heteroatoms. The van der Waals surface area contributed by atoms with Crippen molar-refractivity contribution in [2.45, 2.75) is 23.1 Å². The van der Waals surface area contributed by atoms with Crippen molar-refractivity contribution in [1.29, 1.82) is 0 Å². The molecule has 2 unspecified atom stereocenters. The average molecular weight is 362 g/mol. The third kappa shape index (κ3) is 2.86. The van der Waals surface area contributed by atoms with Crippen molar-refractivity contribution in [3.63, 3.8) is 0 Å². The monoisotopic (exact) mass is 362 g/mol. The molecule has 0 bridgehead atoms. The Labute approximate surface area is 149 Å². The fraction of sp³-hybridized carbons (Fsp3) is 0.353. The number of thioether (sulfide) groups is 1. The third-order valence-electron chi connectivity index (χ3n) is 4.25. The van der Waals surface area contributed by atoms with Crippen LogP contribution in [-0.4, -0.2) is 52.6 Å². The van der Waals surface area contributed by atoms with E-state index >= 15 is 0 Å². The number of esters is 1. The number of hydrogen-bond donors (Lipinski definition) is 1. The molecule has 3 atom stereocenters. The molecule has 7 nitrogen and oxygen atoms in total. The van der Waals surface area contributed by atoms with Gasteiger partial charge in [0, 0.05) is 5.70 Å². The number of rotatable bonds is 5. The van der Waals surface area contributed by atoms with Crippen LogP contribution in [0.1, 0.15) is 6.92 Å². The molecule has 1 aromatic carbocycles. The molecule has 0 aromatic heterocycles. The number of nitrogens with one attached hydrogen (secondary N) is 1. The molecule has 3 rings (SSSR count). The predicted molar refractivity (Wildman–Crippen MR) is 91.7 cm³/mol. The van der Waals surface area contributed by atoms with E-state index in [-0.39, 0.29) is 17.9 Å². The van der Waals surface area contributed by atoms with E-state index in [1.807, 2.05) is 6.07 Å². The Morgan fingerprint density at radius 3 is 2.68 bits per heavy atom. The number of methoxy groups -OCH3 is 1. The summed E-state index contributed by atoms with van der Waals surface area (Å²) in [5, 5.41) is 2.28. The number of hydrogen-bond acceptors (Lipinski definition) is 6. The van der Waals surface area contributed by atoms with Crippen LogP contribution in [0, 0.1) is 0 Å². The van der Waals surface area contributed by atoms with Gasteiger partial charge < -0.3 is 14.8 Å². The van der Waals surface area contributed by atoms with Gasteiger partial charge in [-0.25, -0.2) is 0 Å². The van der Waals surface area contributed by atoms with Gasteiger partial charge in [-0.1, -0.05) is 24.8 Å². The number of nitrogens with zero attached hydrogens (tertiary/aromatic N) is 1. The van der Waals surface area contributed by atoms with Crippen molar-refractivity contribution in [2.75, 3.05) is 13.7 Å². The lowest BCUT2D eigenvalue weighted by Crippen LogP contribution is -2.67. The second kappa shape index (κ2) is 6.44. The van der Waals surface area contributed by atoms with Crippen LogP contribution < -0.4 is 10.1 Å². The summed E-state index contributed by atoms with van der Waals surface area (Å²) in [6, 6.07) is 8.21. The number of benzene rings is 1. The highest BCUT2D eigenvalue weighted by atomic mass is 32.2. The first-order valence-electron chi connectivity index (χ1n) is 7.64. The van der Waals surface area contributed by atoms with Gasteiger partial charge in [0.2, 0.25) is 0 Å². The molecule has 0 saturated carbocycles. The normalized spacial score (nSPS) is 27.4. The fourth-order valence-corrected chi connectivity index (χ4v) is 4.34. The van der Waals surface area contributed by atoms with Crippen LogP contribution in [0.25, 0.3) is 0 Å². The van der Waals surface area contributed by atoms with Crippen LogP contribution in [0.4, 0.5) is 0 Å². The summed E-state index contributed by atoms with van der Waals surface area (Å²) in [5.74, 6) is -0.591. The highest BCUT2D eigenvalue weighted by Crippen LogP contribution is 2.53. The van der Waals surface area contributed by atoms with Crippen molar-refractivity contribution >= 4 is 29.5 Å². The lowest BCUT2D eigenvalue weighted by Gasteiger charge is -2.41. The fourth-order valence-electron chi connectivity index (χ4n) is 2.79. The van der Waals surface area contributed by atoms with Gasteiger partial charge in [0.1, 0.15) is 17.2 Å². The smallest absolute Gasteiger partial charge is 0.327 e. The molecule has 1 aromatic rings. The predicted octanol–water partition coefficient (Wildman–Crippen LogP) is 0.911. The number of carbonyl (C=O) groups excluding carboxylic acids is 3. The Balaban J connectivity index is 1.60. The minimum atomic E-state index is -1.03. The average Bonchev–Trinajstić information content (AvgIpc) is 2.87. The largest absolute Gasteiger partial charge is 0.484 e. The molecule has 0 radical (unpaired) electrons. The summed E-state index contributed by atoms with van der Waals surface area (Å²) >= 11 is 1.25. The number of carbonyl (C=O) groups is 3. The van der Waals surface area contributed by atoms with Crippen LogP contribution in [-0.2, 0) is 19.1 Å². The van der Waals surface area contributed by atoms with E-state index in [4.69, 9.17) is 9.47 Å². The Morgan fingerprint density at radius 2 is 2.04 bits per heavy atom. The first-order chi connectivity index (χ1) is 11.9. The minimum absolute atomic E-state index is 0.194. The van der Waals surface area contributed by atoms with Gasteiger partial charge in [0.25, 0.3) is 11.8 Å². The lowest BCUT2D eigenvalue weighted by atomic mass is 10.0. The molecule has 25 heavy (non-hydrogen) atoms. The molecule has 132 valence electrons. The van der Waals surface area contributed by atoms with Crippen LogP contribution >= 0.6 is 11.8 Å². The third-order valence-corrected chi connectivity index (χ3v) is 5.84. The summed E-state index contributed by atoms with van der Waals surface area (Å²) in [6.45, 7) is 5.31. The molecule has 0 spiro atoms. The topological polar surface area (TPSA) is 84.9 Å². The van der Waals surface area contributed by atoms with Crippen molar-refractivity contribution in [2.24, 2.45) is 0 Å². The van der Waals surface area contributed by atoms with Gasteiger partial charge in [0.05, 0.1) is 7.11 Å². The minimum Gasteiger partial charge on any atom is -0.484 e. The number of β-lactam (4-membered cyclic amide) rings is 1. The van der Waals surface area contributed by atoms with Crippen molar-refractivity contribution in [3.05, 3.63) is 42.6 Å². The summed E-state index contributed by atoms with van der Waals surface area (Å²) in [4.78, 5) is 37.8. The Hall–Kier alpha value is -2.48. The number of ether oxygens (including phenoxy) is 2. The molecule has 2 saturated heterocycles. The zero-order valence-electron chi connectivity index (χ0n) is 13.9. The summed E-state index contributed by atoms with van der Waals surface area (Å²) in [5.41, 5.74) is 0.380. The molecule has 2 aliphatic heterocycles. The van der Waals surface area contributed by atoms with Crippen LogP contribution in [0.2, 0.25) is 0 Å². The van der Waals surface area contributed by atoms with Gasteiger partial charge in [0.15, 0.2) is 11.4 Å². The van der Waals surface area contributed by atoms with Gasteiger partial charge in [-0.15, -0.1) is 11.8 Å². The molecule has 2 fully saturated rings. The van der Waals surface area contributed by atoms with Crippen molar-refractivity contribution in [3.8, 4) is 5.75 Å². The maximum absolute atomic E-state index is 12.3. The van der Waals surface area contributed by atoms with E-state index in [0.29, 0.717) is 11.4 Å². The maximum Gasteiger partial charge on any atom is 0.327 e. The first-order valence-corrected chi connectivity index (χ1v) is 8.52. The Bertz CT molecular complexity index is 738. The lowest BCUT2D eigenvalue weighted by molar-refractivity contribution is -0.147. The molecule has 0 aliphatic carbocycles. The maximum atomic E-state index is 12.3. The quantitative estimate of drug-likeness (QED) is 0.619. The van der Waals surface area contributed by atoms with E-state index < -0.39 is 22.7 Å². The Kier molecular flexibility index (Phi) is 4.47. The second-order valence-corrected chi connectivity index (χ2v) is 7.37. The van der Waals surface area contributed by atoms with E-state index in [9.17, 15) is 14.4 Å². The zero-order chi connectivity index (χ0) is 18.2. The van der Waals surface area contributed by atoms with Crippen molar-refractivity contribution < 1.29 is 23.9 Å². The van der Waals surface area contributed by atoms with Crippen LogP contribution in [0.5, 0.6) is 5.75 Å². The molecule has 1 N–H and O–H groups in total. The highest BCUT2D eigenvalue weighted by molar-refractivity contribution is 8.02. The standard InChI is InChI=1S/C17H18N2O5S/c1-10-17(2,16(22)23-3)25-15-13(14(21)19(10)15)18-12(20)9-24-11-7-5-4-6-8-11/h4-8,13,15H,1,9H2,2-3H3,(H,18,20)/t13?,15-,17?/m1/s1. The summed E-state index contributed by atoms with van der Waals surface area (Å²) < 4.78 is 9.14. The molecule has 2 amide bonds. The van der Waals surface area contributed by atoms with Gasteiger partial charge in [-0.05, 0) is 19.1 Å².